The number of hydrogen-bond acceptors (Lipinski definition) is 2. The molecule has 0 spiro atoms. The van der Waals surface area contributed by atoms with E-state index in [-0.39, 0.29) is 5.91 Å². The molecule has 1 atom stereocenters. The van der Waals surface area contributed by atoms with Gasteiger partial charge in [0.25, 0.3) is 0 Å². The fourth-order valence-electron chi connectivity index (χ4n) is 2.97. The van der Waals surface area contributed by atoms with Crippen LogP contribution >= 0.6 is 0 Å². The van der Waals surface area contributed by atoms with Crippen molar-refractivity contribution in [2.24, 2.45) is 11.7 Å². The second kappa shape index (κ2) is 8.05. The van der Waals surface area contributed by atoms with E-state index in [2.05, 4.69) is 5.32 Å². The molecular formula is C17H26N2O. The van der Waals surface area contributed by atoms with Crippen LogP contribution in [0.15, 0.2) is 30.3 Å². The highest BCUT2D eigenvalue weighted by Crippen LogP contribution is 2.25. The summed E-state index contributed by atoms with van der Waals surface area (Å²) in [4.78, 5) is 12.0. The Morgan fingerprint density at radius 1 is 1.20 bits per heavy atom. The molecule has 1 aliphatic rings. The number of hydrogen-bond donors (Lipinski definition) is 2. The van der Waals surface area contributed by atoms with E-state index < -0.39 is 6.04 Å². The molecule has 1 aromatic carbocycles. The van der Waals surface area contributed by atoms with Crippen LogP contribution in [0.3, 0.4) is 0 Å². The average molecular weight is 274 g/mol. The van der Waals surface area contributed by atoms with Crippen molar-refractivity contribution >= 4 is 5.91 Å². The molecule has 1 aromatic rings. The van der Waals surface area contributed by atoms with Gasteiger partial charge < -0.3 is 11.1 Å². The molecule has 3 N–H and O–H groups in total. The van der Waals surface area contributed by atoms with Gasteiger partial charge in [0.05, 0.1) is 6.04 Å². The van der Waals surface area contributed by atoms with E-state index in [4.69, 9.17) is 5.73 Å². The lowest BCUT2D eigenvalue weighted by atomic mass is 9.87. The fourth-order valence-corrected chi connectivity index (χ4v) is 2.97. The Bertz CT molecular complexity index is 399. The standard InChI is InChI=1S/C17H26N2O/c18-16(13-15-9-5-2-6-10-15)17(20)19-12-11-14-7-3-1-4-8-14/h2,5-6,9-10,14,16H,1,3-4,7-8,11-13,18H2,(H,19,20)/t16-/m0/s1. The minimum atomic E-state index is -0.441. The Kier molecular flexibility index (Phi) is 6.06. The number of benzene rings is 1. The summed E-state index contributed by atoms with van der Waals surface area (Å²) in [5, 5.41) is 2.99. The summed E-state index contributed by atoms with van der Waals surface area (Å²) in [6, 6.07) is 9.50. The first kappa shape index (κ1) is 15.0. The minimum Gasteiger partial charge on any atom is -0.355 e. The van der Waals surface area contributed by atoms with Gasteiger partial charge in [0.15, 0.2) is 0 Å². The van der Waals surface area contributed by atoms with Gasteiger partial charge in [-0.3, -0.25) is 4.79 Å². The molecule has 0 aromatic heterocycles. The number of carbonyl (C=O) groups excluding carboxylic acids is 1. The van der Waals surface area contributed by atoms with Gasteiger partial charge in [-0.15, -0.1) is 0 Å². The molecule has 1 amide bonds. The second-order valence-electron chi connectivity index (χ2n) is 5.88. The molecule has 3 heteroatoms. The quantitative estimate of drug-likeness (QED) is 0.838. The monoisotopic (exact) mass is 274 g/mol. The van der Waals surface area contributed by atoms with E-state index in [1.54, 1.807) is 0 Å². The zero-order valence-corrected chi connectivity index (χ0v) is 12.2. The van der Waals surface area contributed by atoms with Gasteiger partial charge in [0.2, 0.25) is 5.91 Å². The predicted octanol–water partition coefficient (Wildman–Crippen LogP) is 2.64. The molecule has 0 aliphatic heterocycles. The van der Waals surface area contributed by atoms with Crippen LogP contribution < -0.4 is 11.1 Å². The van der Waals surface area contributed by atoms with Crippen molar-refractivity contribution < 1.29 is 4.79 Å². The zero-order chi connectivity index (χ0) is 14.2. The van der Waals surface area contributed by atoms with Gasteiger partial charge >= 0.3 is 0 Å². The first-order valence-electron chi connectivity index (χ1n) is 7.83. The number of rotatable bonds is 6. The van der Waals surface area contributed by atoms with E-state index in [1.807, 2.05) is 30.3 Å². The van der Waals surface area contributed by atoms with E-state index in [9.17, 15) is 4.79 Å². The third-order valence-electron chi connectivity index (χ3n) is 4.21. The molecule has 3 nitrogen and oxygen atoms in total. The summed E-state index contributed by atoms with van der Waals surface area (Å²) in [6.45, 7) is 0.770. The summed E-state index contributed by atoms with van der Waals surface area (Å²) < 4.78 is 0. The number of nitrogens with two attached hydrogens (primary N) is 1. The Morgan fingerprint density at radius 3 is 2.60 bits per heavy atom. The maximum atomic E-state index is 12.0. The first-order chi connectivity index (χ1) is 9.75. The van der Waals surface area contributed by atoms with Crippen LogP contribution in [0, 0.1) is 5.92 Å². The summed E-state index contributed by atoms with van der Waals surface area (Å²) in [6.07, 6.45) is 8.45. The van der Waals surface area contributed by atoms with Crippen LogP contribution in [0.1, 0.15) is 44.1 Å². The highest BCUT2D eigenvalue weighted by Gasteiger charge is 2.16. The third-order valence-corrected chi connectivity index (χ3v) is 4.21. The molecule has 1 saturated carbocycles. The van der Waals surface area contributed by atoms with Gasteiger partial charge in [-0.05, 0) is 24.3 Å². The van der Waals surface area contributed by atoms with Crippen molar-refractivity contribution in [3.05, 3.63) is 35.9 Å². The Hall–Kier alpha value is -1.35. The summed E-state index contributed by atoms with van der Waals surface area (Å²) in [5.74, 6) is 0.777. The molecule has 0 radical (unpaired) electrons. The molecule has 110 valence electrons. The molecule has 1 aliphatic carbocycles. The molecule has 0 heterocycles. The molecular weight excluding hydrogens is 248 g/mol. The van der Waals surface area contributed by atoms with Crippen LogP contribution in [-0.2, 0) is 11.2 Å². The van der Waals surface area contributed by atoms with E-state index in [0.717, 1.165) is 24.4 Å². The Balaban J connectivity index is 1.66. The van der Waals surface area contributed by atoms with Crippen molar-refractivity contribution in [2.45, 2.75) is 51.0 Å². The molecule has 0 unspecified atom stereocenters. The van der Waals surface area contributed by atoms with Crippen molar-refractivity contribution in [1.82, 2.24) is 5.32 Å². The predicted molar refractivity (Wildman–Crippen MR) is 82.3 cm³/mol. The van der Waals surface area contributed by atoms with E-state index in [1.165, 1.54) is 32.1 Å². The average Bonchev–Trinajstić information content (AvgIpc) is 2.49. The number of amides is 1. The van der Waals surface area contributed by atoms with Crippen LogP contribution in [0.5, 0.6) is 0 Å². The topological polar surface area (TPSA) is 55.1 Å². The maximum absolute atomic E-state index is 12.0. The van der Waals surface area contributed by atoms with Crippen molar-refractivity contribution in [2.75, 3.05) is 6.54 Å². The number of carbonyl (C=O) groups is 1. The van der Waals surface area contributed by atoms with Crippen molar-refractivity contribution in [1.29, 1.82) is 0 Å². The van der Waals surface area contributed by atoms with Crippen LogP contribution in [0.2, 0.25) is 0 Å². The molecule has 20 heavy (non-hydrogen) atoms. The molecule has 0 saturated heterocycles. The van der Waals surface area contributed by atoms with Gasteiger partial charge in [-0.2, -0.15) is 0 Å². The van der Waals surface area contributed by atoms with Gasteiger partial charge in [-0.1, -0.05) is 62.4 Å². The van der Waals surface area contributed by atoms with Crippen LogP contribution in [0.4, 0.5) is 0 Å². The van der Waals surface area contributed by atoms with Gasteiger partial charge in [0, 0.05) is 6.54 Å². The van der Waals surface area contributed by atoms with E-state index in [0.29, 0.717) is 6.42 Å². The highest BCUT2D eigenvalue weighted by atomic mass is 16.2. The lowest BCUT2D eigenvalue weighted by Gasteiger charge is -2.21. The Morgan fingerprint density at radius 2 is 1.90 bits per heavy atom. The zero-order valence-electron chi connectivity index (χ0n) is 12.2. The van der Waals surface area contributed by atoms with Gasteiger partial charge in [-0.25, -0.2) is 0 Å². The normalized spacial score (nSPS) is 17.6. The smallest absolute Gasteiger partial charge is 0.237 e. The SMILES string of the molecule is N[C@@H](Cc1ccccc1)C(=O)NCCC1CCCCC1. The summed E-state index contributed by atoms with van der Waals surface area (Å²) >= 11 is 0. The Labute approximate surface area is 121 Å². The molecule has 0 bridgehead atoms. The summed E-state index contributed by atoms with van der Waals surface area (Å²) in [5.41, 5.74) is 7.07. The second-order valence-corrected chi connectivity index (χ2v) is 5.88. The minimum absolute atomic E-state index is 0.0235. The number of nitrogens with one attached hydrogen (secondary N) is 1. The maximum Gasteiger partial charge on any atom is 0.237 e. The molecule has 2 rings (SSSR count). The largest absolute Gasteiger partial charge is 0.355 e. The van der Waals surface area contributed by atoms with Gasteiger partial charge in [0.1, 0.15) is 0 Å². The van der Waals surface area contributed by atoms with Crippen molar-refractivity contribution in [3.8, 4) is 0 Å². The lowest BCUT2D eigenvalue weighted by molar-refractivity contribution is -0.122. The third kappa shape index (κ3) is 4.97. The highest BCUT2D eigenvalue weighted by molar-refractivity contribution is 5.81. The fraction of sp³-hybridized carbons (Fsp3) is 0.588. The van der Waals surface area contributed by atoms with Crippen LogP contribution in [0.25, 0.3) is 0 Å². The van der Waals surface area contributed by atoms with Crippen LogP contribution in [-0.4, -0.2) is 18.5 Å². The van der Waals surface area contributed by atoms with Crippen molar-refractivity contribution in [3.63, 3.8) is 0 Å². The summed E-state index contributed by atoms with van der Waals surface area (Å²) in [7, 11) is 0. The van der Waals surface area contributed by atoms with E-state index >= 15 is 0 Å². The lowest BCUT2D eigenvalue weighted by Crippen LogP contribution is -2.42. The first-order valence-corrected chi connectivity index (χ1v) is 7.83. The molecule has 1 fully saturated rings.